The Morgan fingerprint density at radius 3 is 2.83 bits per heavy atom. The molecule has 2 N–H and O–H groups in total. The van der Waals surface area contributed by atoms with Gasteiger partial charge in [-0.05, 0) is 72.7 Å². The predicted molar refractivity (Wildman–Crippen MR) is 114 cm³/mol. The molecule has 154 valence electrons. The fourth-order valence-corrected chi connectivity index (χ4v) is 4.33. The van der Waals surface area contributed by atoms with E-state index >= 15 is 0 Å². The van der Waals surface area contributed by atoms with Crippen LogP contribution in [0.5, 0.6) is 5.75 Å². The van der Waals surface area contributed by atoms with Crippen LogP contribution in [0.1, 0.15) is 35.1 Å². The first-order valence-corrected chi connectivity index (χ1v) is 10.5. The Morgan fingerprint density at radius 2 is 1.93 bits per heavy atom. The molecule has 0 radical (unpaired) electrons. The average molecular weight is 404 g/mol. The number of carbonyl (C=O) groups is 2. The smallest absolute Gasteiger partial charge is 0.224 e. The Morgan fingerprint density at radius 1 is 1.07 bits per heavy atom. The molecule has 0 fully saturated rings. The summed E-state index contributed by atoms with van der Waals surface area (Å²) in [7, 11) is 0. The van der Waals surface area contributed by atoms with E-state index in [0.717, 1.165) is 52.8 Å². The van der Waals surface area contributed by atoms with Gasteiger partial charge in [0, 0.05) is 23.1 Å². The molecule has 0 unspecified atom stereocenters. The molecule has 6 heteroatoms. The molecule has 0 spiro atoms. The lowest BCUT2D eigenvalue weighted by Gasteiger charge is -2.17. The first-order chi connectivity index (χ1) is 14.7. The molecule has 0 saturated carbocycles. The van der Waals surface area contributed by atoms with Gasteiger partial charge >= 0.3 is 0 Å². The summed E-state index contributed by atoms with van der Waals surface area (Å²) in [4.78, 5) is 23.8. The molecule has 2 aromatic carbocycles. The molecule has 1 aromatic heterocycles. The number of benzene rings is 2. The minimum absolute atomic E-state index is 0.0463. The highest BCUT2D eigenvalue weighted by Gasteiger charge is 2.17. The first-order valence-electron chi connectivity index (χ1n) is 10.5. The van der Waals surface area contributed by atoms with Crippen molar-refractivity contribution >= 4 is 28.5 Å². The summed E-state index contributed by atoms with van der Waals surface area (Å²) in [6, 6.07) is 9.96. The second kappa shape index (κ2) is 7.86. The van der Waals surface area contributed by atoms with Crippen LogP contribution in [-0.2, 0) is 35.3 Å². The molecule has 30 heavy (non-hydrogen) atoms. The van der Waals surface area contributed by atoms with Crippen molar-refractivity contribution in [1.82, 2.24) is 5.32 Å². The quantitative estimate of drug-likeness (QED) is 0.616. The predicted octanol–water partition coefficient (Wildman–Crippen LogP) is 3.54. The van der Waals surface area contributed by atoms with Crippen molar-refractivity contribution in [3.8, 4) is 5.75 Å². The Hall–Kier alpha value is -3.28. The highest BCUT2D eigenvalue weighted by Crippen LogP contribution is 2.30. The molecular formula is C24H24N2O4. The maximum absolute atomic E-state index is 12.4. The largest absolute Gasteiger partial charge is 0.492 e. The first kappa shape index (κ1) is 18.7. The summed E-state index contributed by atoms with van der Waals surface area (Å²) in [6.45, 7) is 0.814. The molecule has 1 aliphatic heterocycles. The van der Waals surface area contributed by atoms with Gasteiger partial charge in [-0.3, -0.25) is 9.59 Å². The molecule has 6 nitrogen and oxygen atoms in total. The van der Waals surface area contributed by atoms with E-state index in [1.807, 2.05) is 18.2 Å². The normalized spacial score (nSPS) is 14.9. The zero-order chi connectivity index (χ0) is 20.5. The van der Waals surface area contributed by atoms with E-state index in [1.165, 1.54) is 17.5 Å². The number of hydrogen-bond donors (Lipinski definition) is 2. The highest BCUT2D eigenvalue weighted by atomic mass is 16.5. The minimum Gasteiger partial charge on any atom is -0.492 e. The highest BCUT2D eigenvalue weighted by molar-refractivity contribution is 5.94. The van der Waals surface area contributed by atoms with Crippen LogP contribution < -0.4 is 15.4 Å². The molecule has 2 amide bonds. The van der Waals surface area contributed by atoms with Crippen molar-refractivity contribution in [2.45, 2.75) is 38.5 Å². The lowest BCUT2D eigenvalue weighted by Crippen LogP contribution is -2.29. The van der Waals surface area contributed by atoms with E-state index in [9.17, 15) is 9.59 Å². The maximum Gasteiger partial charge on any atom is 0.224 e. The van der Waals surface area contributed by atoms with Gasteiger partial charge in [0.05, 0.1) is 19.2 Å². The molecule has 2 heterocycles. The summed E-state index contributed by atoms with van der Waals surface area (Å²) in [5.74, 6) is 0.748. The third-order valence-corrected chi connectivity index (χ3v) is 5.88. The number of anilines is 1. The van der Waals surface area contributed by atoms with Crippen LogP contribution in [0.3, 0.4) is 0 Å². The SMILES string of the molecule is O=C(Cc1coc2cc3c(cc12)CCC3)NCCOc1ccc2c(c1)CCC(=O)N2. The standard InChI is InChI=1S/C24H24N2O4/c27-23-7-4-17-10-19(5-6-21(17)26-23)29-9-8-25-24(28)13-18-14-30-22-12-16-3-1-2-15(16)11-20(18)22/h5-6,10-12,14H,1-4,7-9,13H2,(H,25,28)(H,26,27). The van der Waals surface area contributed by atoms with Crippen LogP contribution in [0, 0.1) is 0 Å². The van der Waals surface area contributed by atoms with Crippen LogP contribution in [0.15, 0.2) is 41.0 Å². The van der Waals surface area contributed by atoms with Gasteiger partial charge in [0.2, 0.25) is 11.8 Å². The van der Waals surface area contributed by atoms with Gasteiger partial charge in [-0.15, -0.1) is 0 Å². The number of rotatable bonds is 6. The molecule has 0 saturated heterocycles. The summed E-state index contributed by atoms with van der Waals surface area (Å²) in [5.41, 5.74) is 6.47. The van der Waals surface area contributed by atoms with Gasteiger partial charge in [-0.2, -0.15) is 0 Å². The van der Waals surface area contributed by atoms with E-state index < -0.39 is 0 Å². The van der Waals surface area contributed by atoms with Gasteiger partial charge < -0.3 is 19.8 Å². The maximum atomic E-state index is 12.4. The van der Waals surface area contributed by atoms with E-state index in [1.54, 1.807) is 6.26 Å². The number of nitrogens with one attached hydrogen (secondary N) is 2. The van der Waals surface area contributed by atoms with E-state index in [2.05, 4.69) is 22.8 Å². The van der Waals surface area contributed by atoms with Crippen molar-refractivity contribution < 1.29 is 18.7 Å². The second-order valence-corrected chi connectivity index (χ2v) is 7.97. The zero-order valence-electron chi connectivity index (χ0n) is 16.8. The molecule has 3 aromatic rings. The molecule has 0 atom stereocenters. The van der Waals surface area contributed by atoms with E-state index in [0.29, 0.717) is 26.0 Å². The van der Waals surface area contributed by atoms with Gasteiger partial charge in [-0.25, -0.2) is 0 Å². The number of carbonyl (C=O) groups excluding carboxylic acids is 2. The fourth-order valence-electron chi connectivity index (χ4n) is 4.33. The summed E-state index contributed by atoms with van der Waals surface area (Å²) >= 11 is 0. The van der Waals surface area contributed by atoms with Crippen LogP contribution in [0.4, 0.5) is 5.69 Å². The summed E-state index contributed by atoms with van der Waals surface area (Å²) in [6.07, 6.45) is 6.62. The number of aryl methyl sites for hydroxylation is 3. The van der Waals surface area contributed by atoms with Gasteiger partial charge in [-0.1, -0.05) is 0 Å². The zero-order valence-corrected chi connectivity index (χ0v) is 16.8. The third kappa shape index (κ3) is 3.77. The van der Waals surface area contributed by atoms with Crippen LogP contribution >= 0.6 is 0 Å². The lowest BCUT2D eigenvalue weighted by atomic mass is 10.0. The van der Waals surface area contributed by atoms with Gasteiger partial charge in [0.1, 0.15) is 17.9 Å². The Kier molecular flexibility index (Phi) is 4.91. The molecule has 2 aliphatic rings. The van der Waals surface area contributed by atoms with Crippen molar-refractivity contribution in [3.63, 3.8) is 0 Å². The van der Waals surface area contributed by atoms with Crippen molar-refractivity contribution in [1.29, 1.82) is 0 Å². The average Bonchev–Trinajstić information content (AvgIpc) is 3.36. The molecular weight excluding hydrogens is 380 g/mol. The van der Waals surface area contributed by atoms with Crippen LogP contribution in [0.25, 0.3) is 11.0 Å². The number of ether oxygens (including phenoxy) is 1. The fraction of sp³-hybridized carbons (Fsp3) is 0.333. The monoisotopic (exact) mass is 404 g/mol. The van der Waals surface area contributed by atoms with Gasteiger partial charge in [0.25, 0.3) is 0 Å². The molecule has 0 bridgehead atoms. The summed E-state index contributed by atoms with van der Waals surface area (Å²) < 4.78 is 11.4. The number of furan rings is 1. The van der Waals surface area contributed by atoms with Crippen molar-refractivity contribution in [3.05, 3.63) is 58.8 Å². The lowest BCUT2D eigenvalue weighted by molar-refractivity contribution is -0.120. The molecule has 5 rings (SSSR count). The Bertz CT molecular complexity index is 1130. The van der Waals surface area contributed by atoms with E-state index in [4.69, 9.17) is 9.15 Å². The van der Waals surface area contributed by atoms with Crippen molar-refractivity contribution in [2.24, 2.45) is 0 Å². The van der Waals surface area contributed by atoms with E-state index in [-0.39, 0.29) is 11.8 Å². The Labute approximate surface area is 174 Å². The van der Waals surface area contributed by atoms with Crippen molar-refractivity contribution in [2.75, 3.05) is 18.5 Å². The minimum atomic E-state index is -0.0463. The van der Waals surface area contributed by atoms with Gasteiger partial charge in [0.15, 0.2) is 0 Å². The third-order valence-electron chi connectivity index (χ3n) is 5.88. The summed E-state index contributed by atoms with van der Waals surface area (Å²) in [5, 5.41) is 6.82. The number of amides is 2. The number of fused-ring (bicyclic) bond motifs is 3. The second-order valence-electron chi connectivity index (χ2n) is 7.97. The topological polar surface area (TPSA) is 80.6 Å². The Balaban J connectivity index is 1.13. The molecule has 1 aliphatic carbocycles. The number of hydrogen-bond acceptors (Lipinski definition) is 4. The van der Waals surface area contributed by atoms with Crippen LogP contribution in [0.2, 0.25) is 0 Å². The van der Waals surface area contributed by atoms with Crippen LogP contribution in [-0.4, -0.2) is 25.0 Å².